The van der Waals surface area contributed by atoms with Crippen LogP contribution in [0.3, 0.4) is 0 Å². The van der Waals surface area contributed by atoms with Crippen LogP contribution in [0.1, 0.15) is 39.0 Å². The quantitative estimate of drug-likeness (QED) is 0.538. The summed E-state index contributed by atoms with van der Waals surface area (Å²) in [6.07, 6.45) is 2.13. The SMILES string of the molecule is C[C@@H]1C[C@@H](O)[C@@H]2CCCC[C@@]1([N+](=O)[O-])C2=O. The fourth-order valence-corrected chi connectivity index (χ4v) is 3.27. The molecular formula is C11H17NO4. The van der Waals surface area contributed by atoms with Crippen molar-refractivity contribution in [1.82, 2.24) is 0 Å². The summed E-state index contributed by atoms with van der Waals surface area (Å²) in [5, 5.41) is 21.1. The van der Waals surface area contributed by atoms with Gasteiger partial charge in [-0.2, -0.15) is 0 Å². The molecule has 90 valence electrons. The van der Waals surface area contributed by atoms with Gasteiger partial charge in [-0.25, -0.2) is 0 Å². The van der Waals surface area contributed by atoms with E-state index in [1.54, 1.807) is 6.92 Å². The van der Waals surface area contributed by atoms with Gasteiger partial charge < -0.3 is 5.11 Å². The van der Waals surface area contributed by atoms with Crippen LogP contribution in [0, 0.1) is 22.0 Å². The van der Waals surface area contributed by atoms with Crippen molar-refractivity contribution in [1.29, 1.82) is 0 Å². The molecule has 0 aromatic rings. The van der Waals surface area contributed by atoms with Gasteiger partial charge in [-0.15, -0.1) is 0 Å². The van der Waals surface area contributed by atoms with Gasteiger partial charge in [0.15, 0.2) is 0 Å². The summed E-state index contributed by atoms with van der Waals surface area (Å²) in [4.78, 5) is 23.1. The Bertz CT molecular complexity index is 330. The van der Waals surface area contributed by atoms with Gasteiger partial charge >= 0.3 is 0 Å². The van der Waals surface area contributed by atoms with Gasteiger partial charge in [-0.1, -0.05) is 13.3 Å². The highest BCUT2D eigenvalue weighted by atomic mass is 16.6. The first-order chi connectivity index (χ1) is 7.50. The molecule has 2 rings (SSSR count). The third kappa shape index (κ3) is 1.38. The van der Waals surface area contributed by atoms with E-state index in [0.29, 0.717) is 25.7 Å². The fraction of sp³-hybridized carbons (Fsp3) is 0.909. The van der Waals surface area contributed by atoms with Crippen molar-refractivity contribution in [2.45, 2.75) is 50.7 Å². The van der Waals surface area contributed by atoms with Crippen molar-refractivity contribution in [2.24, 2.45) is 11.8 Å². The topological polar surface area (TPSA) is 80.4 Å². The van der Waals surface area contributed by atoms with E-state index in [4.69, 9.17) is 0 Å². The number of nitrogens with zero attached hydrogens (tertiary/aromatic N) is 1. The molecule has 0 radical (unpaired) electrons. The molecule has 0 amide bonds. The highest BCUT2D eigenvalue weighted by molar-refractivity contribution is 5.91. The summed E-state index contributed by atoms with van der Waals surface area (Å²) >= 11 is 0. The number of fused-ring (bicyclic) bond motifs is 2. The minimum absolute atomic E-state index is 0.332. The first-order valence-electron chi connectivity index (χ1n) is 5.87. The zero-order valence-electron chi connectivity index (χ0n) is 9.39. The molecule has 0 unspecified atom stereocenters. The van der Waals surface area contributed by atoms with Crippen LogP contribution in [0.2, 0.25) is 0 Å². The van der Waals surface area contributed by atoms with Gasteiger partial charge in [0, 0.05) is 17.3 Å². The summed E-state index contributed by atoms with van der Waals surface area (Å²) in [5.41, 5.74) is -1.42. The van der Waals surface area contributed by atoms with E-state index >= 15 is 0 Å². The molecule has 4 atom stereocenters. The predicted octanol–water partition coefficient (Wildman–Crippen LogP) is 1.16. The van der Waals surface area contributed by atoms with E-state index in [1.165, 1.54) is 0 Å². The first kappa shape index (κ1) is 11.5. The lowest BCUT2D eigenvalue weighted by Gasteiger charge is -2.38. The molecule has 5 heteroatoms. The molecule has 0 saturated heterocycles. The van der Waals surface area contributed by atoms with E-state index in [2.05, 4.69) is 0 Å². The average Bonchev–Trinajstić information content (AvgIpc) is 2.33. The van der Waals surface area contributed by atoms with Crippen LogP contribution < -0.4 is 0 Å². The van der Waals surface area contributed by atoms with Crippen molar-refractivity contribution in [3.63, 3.8) is 0 Å². The Labute approximate surface area is 94.0 Å². The number of nitro groups is 1. The van der Waals surface area contributed by atoms with E-state index in [1.807, 2.05) is 0 Å². The second kappa shape index (κ2) is 3.80. The van der Waals surface area contributed by atoms with Crippen molar-refractivity contribution >= 4 is 5.78 Å². The molecule has 0 aliphatic heterocycles. The number of rotatable bonds is 1. The molecule has 0 heterocycles. The Hall–Kier alpha value is -0.970. The fourth-order valence-electron chi connectivity index (χ4n) is 3.27. The second-order valence-corrected chi connectivity index (χ2v) is 5.10. The van der Waals surface area contributed by atoms with Gasteiger partial charge in [0.05, 0.1) is 12.0 Å². The Balaban J connectivity index is 2.45. The second-order valence-electron chi connectivity index (χ2n) is 5.10. The van der Waals surface area contributed by atoms with Crippen molar-refractivity contribution in [3.8, 4) is 0 Å². The standard InChI is InChI=1S/C11H17NO4/c1-7-6-9(13)8-4-2-3-5-11(7,10(8)14)12(15)16/h7-9,13H,2-6H2,1H3/t7-,8+,9-,11+/m1/s1. The van der Waals surface area contributed by atoms with Crippen LogP contribution >= 0.6 is 0 Å². The Morgan fingerprint density at radius 3 is 2.81 bits per heavy atom. The van der Waals surface area contributed by atoms with Gasteiger partial charge in [0.25, 0.3) is 5.54 Å². The molecule has 2 bridgehead atoms. The maximum absolute atomic E-state index is 12.2. The van der Waals surface area contributed by atoms with Gasteiger partial charge in [0.2, 0.25) is 5.78 Å². The number of hydrogen-bond acceptors (Lipinski definition) is 4. The molecule has 0 aromatic carbocycles. The Kier molecular flexibility index (Phi) is 2.74. The number of Topliss-reactive ketones (excluding diaryl/α,β-unsaturated/α-hetero) is 1. The third-order valence-electron chi connectivity index (χ3n) is 4.29. The van der Waals surface area contributed by atoms with E-state index in [-0.39, 0.29) is 11.7 Å². The zero-order chi connectivity index (χ0) is 11.9. The summed E-state index contributed by atoms with van der Waals surface area (Å²) < 4.78 is 0. The van der Waals surface area contributed by atoms with E-state index in [0.717, 1.165) is 6.42 Å². The normalized spacial score (nSPS) is 43.9. The highest BCUT2D eigenvalue weighted by Crippen LogP contribution is 2.44. The van der Waals surface area contributed by atoms with Gasteiger partial charge in [-0.3, -0.25) is 14.9 Å². The average molecular weight is 227 g/mol. The number of ketones is 1. The predicted molar refractivity (Wildman–Crippen MR) is 56.5 cm³/mol. The first-order valence-corrected chi connectivity index (χ1v) is 5.87. The molecule has 2 aliphatic rings. The zero-order valence-corrected chi connectivity index (χ0v) is 9.39. The van der Waals surface area contributed by atoms with Crippen LogP contribution in [0.5, 0.6) is 0 Å². The minimum atomic E-state index is -1.42. The van der Waals surface area contributed by atoms with Gasteiger partial charge in [0.1, 0.15) is 0 Å². The summed E-state index contributed by atoms with van der Waals surface area (Å²) in [7, 11) is 0. The highest BCUT2D eigenvalue weighted by Gasteiger charge is 2.62. The molecule has 2 fully saturated rings. The number of aliphatic hydroxyl groups is 1. The maximum atomic E-state index is 12.2. The smallest absolute Gasteiger partial charge is 0.282 e. The molecule has 2 saturated carbocycles. The number of hydrogen-bond donors (Lipinski definition) is 1. The Morgan fingerprint density at radius 1 is 1.50 bits per heavy atom. The number of aliphatic hydroxyl groups excluding tert-OH is 1. The third-order valence-corrected chi connectivity index (χ3v) is 4.29. The summed E-state index contributed by atoms with van der Waals surface area (Å²) in [6, 6.07) is 0. The van der Waals surface area contributed by atoms with Crippen molar-refractivity contribution in [3.05, 3.63) is 10.1 Å². The van der Waals surface area contributed by atoms with Crippen molar-refractivity contribution in [2.75, 3.05) is 0 Å². The largest absolute Gasteiger partial charge is 0.392 e. The lowest BCUT2D eigenvalue weighted by molar-refractivity contribution is -0.566. The van der Waals surface area contributed by atoms with Crippen LogP contribution in [-0.2, 0) is 4.79 Å². The van der Waals surface area contributed by atoms with Crippen LogP contribution in [0.15, 0.2) is 0 Å². The van der Waals surface area contributed by atoms with Gasteiger partial charge in [-0.05, 0) is 19.3 Å². The molecule has 1 N–H and O–H groups in total. The molecule has 0 spiro atoms. The summed E-state index contributed by atoms with van der Waals surface area (Å²) in [5.74, 6) is -1.20. The molecule has 5 nitrogen and oxygen atoms in total. The molecule has 16 heavy (non-hydrogen) atoms. The Morgan fingerprint density at radius 2 is 2.19 bits per heavy atom. The molecule has 0 aromatic heterocycles. The number of carbonyl (C=O) groups is 1. The monoisotopic (exact) mass is 227 g/mol. The summed E-state index contributed by atoms with van der Waals surface area (Å²) in [6.45, 7) is 1.71. The maximum Gasteiger partial charge on any atom is 0.282 e. The van der Waals surface area contributed by atoms with E-state index < -0.39 is 22.5 Å². The lowest BCUT2D eigenvalue weighted by Crippen LogP contribution is -2.59. The van der Waals surface area contributed by atoms with Crippen molar-refractivity contribution < 1.29 is 14.8 Å². The van der Waals surface area contributed by atoms with Crippen LogP contribution in [0.4, 0.5) is 0 Å². The molecule has 2 aliphatic carbocycles. The number of carbonyl (C=O) groups excluding carboxylic acids is 1. The van der Waals surface area contributed by atoms with Crippen LogP contribution in [0.25, 0.3) is 0 Å². The molecular weight excluding hydrogens is 210 g/mol. The van der Waals surface area contributed by atoms with Crippen LogP contribution in [-0.4, -0.2) is 27.5 Å². The lowest BCUT2D eigenvalue weighted by atomic mass is 9.66. The van der Waals surface area contributed by atoms with E-state index in [9.17, 15) is 20.0 Å². The minimum Gasteiger partial charge on any atom is -0.392 e.